The van der Waals surface area contributed by atoms with Gasteiger partial charge in [0.05, 0.1) is 11.4 Å². The molecule has 0 fully saturated rings. The van der Waals surface area contributed by atoms with E-state index in [1.54, 1.807) is 18.2 Å². The standard InChI is InChI=1S/C9H7ClN2O3S/c10-9-3-1-2-7(12-9)8-4-6(5-11-8)16(13,14)15/h1-5,11H,(H,13,14,15). The van der Waals surface area contributed by atoms with Crippen molar-refractivity contribution in [3.63, 3.8) is 0 Å². The predicted molar refractivity (Wildman–Crippen MR) is 58.8 cm³/mol. The SMILES string of the molecule is O=S(=O)(O)c1c[nH]c(-c2cccc(Cl)n2)c1. The molecule has 0 aliphatic heterocycles. The van der Waals surface area contributed by atoms with Crippen molar-refractivity contribution < 1.29 is 13.0 Å². The zero-order valence-corrected chi connectivity index (χ0v) is 9.46. The van der Waals surface area contributed by atoms with Crippen molar-refractivity contribution in [2.75, 3.05) is 0 Å². The largest absolute Gasteiger partial charge is 0.359 e. The summed E-state index contributed by atoms with van der Waals surface area (Å²) >= 11 is 5.70. The molecular weight excluding hydrogens is 252 g/mol. The highest BCUT2D eigenvalue weighted by Gasteiger charge is 2.13. The van der Waals surface area contributed by atoms with Crippen molar-refractivity contribution in [3.8, 4) is 11.4 Å². The molecule has 0 saturated heterocycles. The molecule has 0 bridgehead atoms. The monoisotopic (exact) mass is 258 g/mol. The Kier molecular flexibility index (Phi) is 2.71. The topological polar surface area (TPSA) is 83.0 Å². The predicted octanol–water partition coefficient (Wildman–Crippen LogP) is 1.98. The number of aromatic nitrogens is 2. The van der Waals surface area contributed by atoms with Gasteiger partial charge in [0, 0.05) is 6.20 Å². The van der Waals surface area contributed by atoms with E-state index >= 15 is 0 Å². The molecule has 0 aliphatic rings. The average Bonchev–Trinajstić information content (AvgIpc) is 2.65. The number of aromatic amines is 1. The van der Waals surface area contributed by atoms with E-state index in [1.165, 1.54) is 12.3 Å². The summed E-state index contributed by atoms with van der Waals surface area (Å²) < 4.78 is 30.5. The van der Waals surface area contributed by atoms with Gasteiger partial charge in [-0.05, 0) is 18.2 Å². The maximum atomic E-state index is 10.8. The van der Waals surface area contributed by atoms with E-state index in [0.29, 0.717) is 16.5 Å². The Hall–Kier alpha value is -1.37. The summed E-state index contributed by atoms with van der Waals surface area (Å²) in [4.78, 5) is 6.49. The van der Waals surface area contributed by atoms with E-state index in [2.05, 4.69) is 9.97 Å². The second kappa shape index (κ2) is 3.89. The quantitative estimate of drug-likeness (QED) is 0.637. The summed E-state index contributed by atoms with van der Waals surface area (Å²) in [6.07, 6.45) is 1.19. The van der Waals surface area contributed by atoms with Crippen molar-refractivity contribution >= 4 is 21.7 Å². The number of hydrogen-bond donors (Lipinski definition) is 2. The number of hydrogen-bond acceptors (Lipinski definition) is 3. The molecule has 0 unspecified atom stereocenters. The van der Waals surface area contributed by atoms with Crippen molar-refractivity contribution in [1.82, 2.24) is 9.97 Å². The zero-order valence-electron chi connectivity index (χ0n) is 7.88. The molecule has 2 heterocycles. The Morgan fingerprint density at radius 3 is 2.69 bits per heavy atom. The first-order valence-electron chi connectivity index (χ1n) is 4.25. The van der Waals surface area contributed by atoms with Gasteiger partial charge in [0.15, 0.2) is 0 Å². The average molecular weight is 259 g/mol. The van der Waals surface area contributed by atoms with Gasteiger partial charge in [-0.2, -0.15) is 8.42 Å². The van der Waals surface area contributed by atoms with Gasteiger partial charge in [0.25, 0.3) is 10.1 Å². The van der Waals surface area contributed by atoms with E-state index in [4.69, 9.17) is 16.2 Å². The van der Waals surface area contributed by atoms with Crippen LogP contribution < -0.4 is 0 Å². The molecule has 2 N–H and O–H groups in total. The molecule has 0 spiro atoms. The van der Waals surface area contributed by atoms with Crippen molar-refractivity contribution in [2.45, 2.75) is 4.90 Å². The summed E-state index contributed by atoms with van der Waals surface area (Å²) in [5.74, 6) is 0. The lowest BCUT2D eigenvalue weighted by Gasteiger charge is -1.96. The van der Waals surface area contributed by atoms with E-state index < -0.39 is 10.1 Å². The van der Waals surface area contributed by atoms with Gasteiger partial charge in [-0.25, -0.2) is 4.98 Å². The third kappa shape index (κ3) is 2.24. The van der Waals surface area contributed by atoms with Gasteiger partial charge in [-0.1, -0.05) is 17.7 Å². The first-order chi connectivity index (χ1) is 7.47. The number of rotatable bonds is 2. The molecular formula is C9H7ClN2O3S. The van der Waals surface area contributed by atoms with Crippen LogP contribution in [0.4, 0.5) is 0 Å². The third-order valence-electron chi connectivity index (χ3n) is 1.95. The fourth-order valence-corrected chi connectivity index (χ4v) is 1.87. The van der Waals surface area contributed by atoms with Crippen LogP contribution in [0.5, 0.6) is 0 Å². The Labute approximate surface area is 96.8 Å². The number of nitrogens with one attached hydrogen (secondary N) is 1. The molecule has 5 nitrogen and oxygen atoms in total. The number of nitrogens with zero attached hydrogens (tertiary/aromatic N) is 1. The van der Waals surface area contributed by atoms with Crippen LogP contribution >= 0.6 is 11.6 Å². The van der Waals surface area contributed by atoms with Gasteiger partial charge in [-0.15, -0.1) is 0 Å². The minimum Gasteiger partial charge on any atom is -0.359 e. The molecule has 7 heteroatoms. The molecule has 0 radical (unpaired) electrons. The van der Waals surface area contributed by atoms with Crippen molar-refractivity contribution in [3.05, 3.63) is 35.6 Å². The van der Waals surface area contributed by atoms with Crippen molar-refractivity contribution in [2.24, 2.45) is 0 Å². The summed E-state index contributed by atoms with van der Waals surface area (Å²) in [6, 6.07) is 6.26. The highest BCUT2D eigenvalue weighted by Crippen LogP contribution is 2.20. The molecule has 2 aromatic rings. The first kappa shape index (κ1) is 11.1. The molecule has 2 rings (SSSR count). The van der Waals surface area contributed by atoms with E-state index in [1.807, 2.05) is 0 Å². The second-order valence-corrected chi connectivity index (χ2v) is 4.88. The van der Waals surface area contributed by atoms with Crippen LogP contribution in [0.15, 0.2) is 35.4 Å². The zero-order chi connectivity index (χ0) is 11.8. The minimum atomic E-state index is -4.19. The molecule has 0 aliphatic carbocycles. The molecule has 16 heavy (non-hydrogen) atoms. The maximum absolute atomic E-state index is 10.8. The molecule has 0 atom stereocenters. The van der Waals surface area contributed by atoms with Crippen LogP contribution in [0, 0.1) is 0 Å². The fraction of sp³-hybridized carbons (Fsp3) is 0. The Balaban J connectivity index is 2.47. The molecule has 0 amide bonds. The van der Waals surface area contributed by atoms with Gasteiger partial charge in [-0.3, -0.25) is 4.55 Å². The smallest absolute Gasteiger partial charge is 0.296 e. The molecule has 0 aromatic carbocycles. The van der Waals surface area contributed by atoms with Crippen LogP contribution in [0.25, 0.3) is 11.4 Å². The maximum Gasteiger partial charge on any atom is 0.296 e. The van der Waals surface area contributed by atoms with Crippen LogP contribution in [-0.2, 0) is 10.1 Å². The summed E-state index contributed by atoms with van der Waals surface area (Å²) in [6.45, 7) is 0. The van der Waals surface area contributed by atoms with Crippen LogP contribution in [0.2, 0.25) is 5.15 Å². The lowest BCUT2D eigenvalue weighted by molar-refractivity contribution is 0.483. The minimum absolute atomic E-state index is 0.204. The van der Waals surface area contributed by atoms with E-state index in [9.17, 15) is 8.42 Å². The Morgan fingerprint density at radius 2 is 2.12 bits per heavy atom. The molecule has 0 saturated carbocycles. The van der Waals surface area contributed by atoms with E-state index in [-0.39, 0.29) is 4.90 Å². The first-order valence-corrected chi connectivity index (χ1v) is 6.07. The van der Waals surface area contributed by atoms with Crippen LogP contribution in [-0.4, -0.2) is 22.9 Å². The summed E-state index contributed by atoms with van der Waals surface area (Å²) in [5, 5.41) is 0.306. The number of H-pyrrole nitrogens is 1. The van der Waals surface area contributed by atoms with Gasteiger partial charge >= 0.3 is 0 Å². The van der Waals surface area contributed by atoms with Crippen LogP contribution in [0.1, 0.15) is 0 Å². The van der Waals surface area contributed by atoms with Gasteiger partial charge in [0.2, 0.25) is 0 Å². The number of pyridine rings is 1. The van der Waals surface area contributed by atoms with Gasteiger partial charge in [0.1, 0.15) is 10.0 Å². The molecule has 2 aromatic heterocycles. The van der Waals surface area contributed by atoms with Crippen molar-refractivity contribution in [1.29, 1.82) is 0 Å². The third-order valence-corrected chi connectivity index (χ3v) is 2.99. The fourth-order valence-electron chi connectivity index (χ4n) is 1.23. The van der Waals surface area contributed by atoms with Gasteiger partial charge < -0.3 is 4.98 Å². The Bertz CT molecular complexity index is 621. The number of halogens is 1. The lowest BCUT2D eigenvalue weighted by Crippen LogP contribution is -1.94. The van der Waals surface area contributed by atoms with Crippen LogP contribution in [0.3, 0.4) is 0 Å². The highest BCUT2D eigenvalue weighted by atomic mass is 35.5. The summed E-state index contributed by atoms with van der Waals surface area (Å²) in [5.41, 5.74) is 0.970. The Morgan fingerprint density at radius 1 is 1.38 bits per heavy atom. The summed E-state index contributed by atoms with van der Waals surface area (Å²) in [7, 11) is -4.19. The second-order valence-electron chi connectivity index (χ2n) is 3.07. The lowest BCUT2D eigenvalue weighted by atomic mass is 10.3. The highest BCUT2D eigenvalue weighted by molar-refractivity contribution is 7.85. The molecule has 84 valence electrons. The normalized spacial score (nSPS) is 11.6. The van der Waals surface area contributed by atoms with E-state index in [0.717, 1.165) is 0 Å².